The van der Waals surface area contributed by atoms with Crippen LogP contribution in [0.3, 0.4) is 0 Å². The lowest BCUT2D eigenvalue weighted by molar-refractivity contribution is -0.120. The van der Waals surface area contributed by atoms with E-state index in [1.54, 1.807) is 13.2 Å². The van der Waals surface area contributed by atoms with Gasteiger partial charge in [-0.2, -0.15) is 0 Å². The van der Waals surface area contributed by atoms with Crippen LogP contribution in [0.5, 0.6) is 5.75 Å². The molecule has 0 bridgehead atoms. The number of hydrogen-bond donors (Lipinski definition) is 2. The van der Waals surface area contributed by atoms with Crippen LogP contribution < -0.4 is 20.7 Å². The number of hydrogen-bond acceptors (Lipinski definition) is 5. The van der Waals surface area contributed by atoms with Crippen molar-refractivity contribution in [2.24, 2.45) is 0 Å². The van der Waals surface area contributed by atoms with Crippen LogP contribution in [0.25, 0.3) is 0 Å². The third-order valence-electron chi connectivity index (χ3n) is 3.24. The molecule has 0 atom stereocenters. The van der Waals surface area contributed by atoms with E-state index in [-0.39, 0.29) is 18.1 Å². The minimum atomic E-state index is -0.351. The molecule has 1 aliphatic heterocycles. The summed E-state index contributed by atoms with van der Waals surface area (Å²) >= 11 is 0. The van der Waals surface area contributed by atoms with Gasteiger partial charge in [0.2, 0.25) is 5.91 Å². The van der Waals surface area contributed by atoms with E-state index >= 15 is 0 Å². The molecule has 1 aliphatic rings. The van der Waals surface area contributed by atoms with Gasteiger partial charge >= 0.3 is 0 Å². The Morgan fingerprint density at radius 1 is 1.52 bits per heavy atom. The molecule has 6 nitrogen and oxygen atoms in total. The molecule has 1 amide bonds. The monoisotopic (exact) mass is 293 g/mol. The van der Waals surface area contributed by atoms with E-state index in [2.05, 4.69) is 5.32 Å². The van der Waals surface area contributed by atoms with Crippen LogP contribution in [0.1, 0.15) is 13.8 Å². The van der Waals surface area contributed by atoms with Crippen LogP contribution in [-0.4, -0.2) is 44.9 Å². The Hall–Kier alpha value is -1.95. The lowest BCUT2D eigenvalue weighted by Crippen LogP contribution is -2.50. The van der Waals surface area contributed by atoms with Crippen LogP contribution in [-0.2, 0) is 9.53 Å². The third kappa shape index (κ3) is 4.01. The molecule has 0 saturated carbocycles. The molecule has 1 aromatic carbocycles. The van der Waals surface area contributed by atoms with Gasteiger partial charge in [0.05, 0.1) is 25.4 Å². The van der Waals surface area contributed by atoms with Crippen LogP contribution in [0, 0.1) is 0 Å². The number of nitrogens with two attached hydrogens (primary N) is 1. The Kier molecular flexibility index (Phi) is 4.57. The Morgan fingerprint density at radius 3 is 3.00 bits per heavy atom. The smallest absolute Gasteiger partial charge is 0.239 e. The molecule has 0 fully saturated rings. The van der Waals surface area contributed by atoms with Gasteiger partial charge in [-0.15, -0.1) is 0 Å². The summed E-state index contributed by atoms with van der Waals surface area (Å²) in [5.41, 5.74) is 7.00. The molecule has 0 saturated heterocycles. The second-order valence-electron chi connectivity index (χ2n) is 5.79. The normalized spacial score (nSPS) is 16.0. The van der Waals surface area contributed by atoms with Crippen molar-refractivity contribution in [2.75, 3.05) is 44.0 Å². The molecular formula is C15H23N3O3. The zero-order chi connectivity index (χ0) is 15.5. The largest absolute Gasteiger partial charge is 0.484 e. The topological polar surface area (TPSA) is 76.8 Å². The summed E-state index contributed by atoms with van der Waals surface area (Å²) in [5, 5.41) is 2.83. The minimum absolute atomic E-state index is 0.0434. The average Bonchev–Trinajstić information content (AvgIpc) is 2.39. The molecule has 6 heteroatoms. The molecule has 1 aromatic rings. The molecule has 2 rings (SSSR count). The Balaban J connectivity index is 2.11. The standard InChI is InChI=1S/C15H23N3O3/c1-15(2)10-18(9-14(19)17-6-7-20-3)12-8-11(16)4-5-13(12)21-15/h4-5,8H,6-7,9-10,16H2,1-3H3,(H,17,19). The van der Waals surface area contributed by atoms with Gasteiger partial charge in [0.15, 0.2) is 0 Å². The molecular weight excluding hydrogens is 270 g/mol. The van der Waals surface area contributed by atoms with Crippen molar-refractivity contribution in [3.63, 3.8) is 0 Å². The molecule has 0 radical (unpaired) electrons. The number of ether oxygens (including phenoxy) is 2. The summed E-state index contributed by atoms with van der Waals surface area (Å²) in [6.07, 6.45) is 0. The predicted molar refractivity (Wildman–Crippen MR) is 82.7 cm³/mol. The second-order valence-corrected chi connectivity index (χ2v) is 5.79. The number of methoxy groups -OCH3 is 1. The van der Waals surface area contributed by atoms with Crippen molar-refractivity contribution in [3.05, 3.63) is 18.2 Å². The number of anilines is 2. The van der Waals surface area contributed by atoms with Crippen molar-refractivity contribution in [1.29, 1.82) is 0 Å². The van der Waals surface area contributed by atoms with Gasteiger partial charge in [-0.05, 0) is 32.0 Å². The highest BCUT2D eigenvalue weighted by atomic mass is 16.5. The number of carbonyl (C=O) groups excluding carboxylic acids is 1. The third-order valence-corrected chi connectivity index (χ3v) is 3.24. The van der Waals surface area contributed by atoms with E-state index in [9.17, 15) is 4.79 Å². The molecule has 0 unspecified atom stereocenters. The summed E-state index contributed by atoms with van der Waals surface area (Å²) < 4.78 is 10.9. The maximum absolute atomic E-state index is 12.0. The van der Waals surface area contributed by atoms with Crippen molar-refractivity contribution in [1.82, 2.24) is 5.32 Å². The number of nitrogens with one attached hydrogen (secondary N) is 1. The summed E-state index contributed by atoms with van der Waals surface area (Å²) in [5.74, 6) is 0.711. The van der Waals surface area contributed by atoms with Gasteiger partial charge in [-0.25, -0.2) is 0 Å². The molecule has 0 aliphatic carbocycles. The highest BCUT2D eigenvalue weighted by molar-refractivity contribution is 5.83. The summed E-state index contributed by atoms with van der Waals surface area (Å²) in [4.78, 5) is 14.0. The van der Waals surface area contributed by atoms with Crippen molar-refractivity contribution < 1.29 is 14.3 Å². The number of benzene rings is 1. The number of rotatable bonds is 5. The van der Waals surface area contributed by atoms with Crippen LogP contribution >= 0.6 is 0 Å². The fourth-order valence-corrected chi connectivity index (χ4v) is 2.41. The Bertz CT molecular complexity index is 517. The maximum atomic E-state index is 12.0. The predicted octanol–water partition coefficient (Wildman–Crippen LogP) is 1.01. The summed E-state index contributed by atoms with van der Waals surface area (Å²) in [6.45, 7) is 5.91. The summed E-state index contributed by atoms with van der Waals surface area (Å²) in [7, 11) is 1.61. The van der Waals surface area contributed by atoms with E-state index in [0.29, 0.717) is 25.4 Å². The Labute approximate surface area is 125 Å². The van der Waals surface area contributed by atoms with E-state index in [1.807, 2.05) is 30.9 Å². The number of fused-ring (bicyclic) bond motifs is 1. The van der Waals surface area contributed by atoms with Gasteiger partial charge in [0.1, 0.15) is 11.4 Å². The maximum Gasteiger partial charge on any atom is 0.239 e. The zero-order valence-electron chi connectivity index (χ0n) is 12.8. The van der Waals surface area contributed by atoms with Crippen LogP contribution in [0.2, 0.25) is 0 Å². The van der Waals surface area contributed by atoms with Crippen molar-refractivity contribution >= 4 is 17.3 Å². The number of carbonyl (C=O) groups is 1. The van der Waals surface area contributed by atoms with E-state index < -0.39 is 0 Å². The first kappa shape index (κ1) is 15.4. The molecule has 0 aromatic heterocycles. The molecule has 0 spiro atoms. The highest BCUT2D eigenvalue weighted by Gasteiger charge is 2.32. The van der Waals surface area contributed by atoms with E-state index in [1.165, 1.54) is 0 Å². The van der Waals surface area contributed by atoms with Gasteiger partial charge in [-0.1, -0.05) is 0 Å². The van der Waals surface area contributed by atoms with Gasteiger partial charge in [0, 0.05) is 19.3 Å². The highest BCUT2D eigenvalue weighted by Crippen LogP contribution is 2.37. The molecule has 116 valence electrons. The Morgan fingerprint density at radius 2 is 2.29 bits per heavy atom. The first-order valence-corrected chi connectivity index (χ1v) is 7.00. The lowest BCUT2D eigenvalue weighted by Gasteiger charge is -2.40. The number of nitrogens with zero attached hydrogens (tertiary/aromatic N) is 1. The van der Waals surface area contributed by atoms with Crippen LogP contribution in [0.4, 0.5) is 11.4 Å². The molecule has 1 heterocycles. The van der Waals surface area contributed by atoms with Crippen LogP contribution in [0.15, 0.2) is 18.2 Å². The van der Waals surface area contributed by atoms with Gasteiger partial charge < -0.3 is 25.4 Å². The number of amides is 1. The zero-order valence-corrected chi connectivity index (χ0v) is 12.8. The second kappa shape index (κ2) is 6.22. The van der Waals surface area contributed by atoms with E-state index in [0.717, 1.165) is 11.4 Å². The van der Waals surface area contributed by atoms with Crippen molar-refractivity contribution in [3.8, 4) is 5.75 Å². The summed E-state index contributed by atoms with van der Waals surface area (Å²) in [6, 6.07) is 5.49. The average molecular weight is 293 g/mol. The quantitative estimate of drug-likeness (QED) is 0.626. The van der Waals surface area contributed by atoms with Crippen molar-refractivity contribution in [2.45, 2.75) is 19.4 Å². The fraction of sp³-hybridized carbons (Fsp3) is 0.533. The minimum Gasteiger partial charge on any atom is -0.484 e. The van der Waals surface area contributed by atoms with Gasteiger partial charge in [0.25, 0.3) is 0 Å². The fourth-order valence-electron chi connectivity index (χ4n) is 2.41. The first-order valence-electron chi connectivity index (χ1n) is 7.00. The van der Waals surface area contributed by atoms with Gasteiger partial charge in [-0.3, -0.25) is 4.79 Å². The molecule has 21 heavy (non-hydrogen) atoms. The number of nitrogen functional groups attached to an aromatic ring is 1. The first-order chi connectivity index (χ1) is 9.91. The lowest BCUT2D eigenvalue weighted by atomic mass is 10.0. The molecule has 3 N–H and O–H groups in total. The van der Waals surface area contributed by atoms with E-state index in [4.69, 9.17) is 15.2 Å². The SMILES string of the molecule is COCCNC(=O)CN1CC(C)(C)Oc2ccc(N)cc21.